The number of pyridine rings is 1. The minimum atomic E-state index is -0.0881. The lowest BCUT2D eigenvalue weighted by molar-refractivity contribution is 0.0948. The summed E-state index contributed by atoms with van der Waals surface area (Å²) >= 11 is 0. The molecule has 0 atom stereocenters. The number of nitrogens with zero attached hydrogens (tertiary/aromatic N) is 3. The van der Waals surface area contributed by atoms with Crippen LogP contribution in [0.25, 0.3) is 0 Å². The number of hydrogen-bond acceptors (Lipinski definition) is 5. The first-order valence-electron chi connectivity index (χ1n) is 10.1. The third kappa shape index (κ3) is 5.15. The number of amides is 1. The number of rotatable bonds is 8. The molecule has 1 aliphatic heterocycles. The minimum Gasteiger partial charge on any atom is -0.497 e. The van der Waals surface area contributed by atoms with Gasteiger partial charge in [-0.05, 0) is 42.8 Å². The van der Waals surface area contributed by atoms with E-state index in [1.165, 1.54) is 5.69 Å². The summed E-state index contributed by atoms with van der Waals surface area (Å²) in [5.74, 6) is 0.787. The van der Waals surface area contributed by atoms with Gasteiger partial charge in [0.05, 0.1) is 7.11 Å². The number of carbonyl (C=O) groups is 1. The second kappa shape index (κ2) is 9.97. The first kappa shape index (κ1) is 20.0. The second-order valence-corrected chi connectivity index (χ2v) is 7.03. The molecule has 1 N–H and O–H groups in total. The van der Waals surface area contributed by atoms with Crippen LogP contribution in [0.1, 0.15) is 36.7 Å². The van der Waals surface area contributed by atoms with Crippen LogP contribution < -0.4 is 19.9 Å². The molecule has 6 heteroatoms. The van der Waals surface area contributed by atoms with Gasteiger partial charge in [-0.3, -0.25) is 9.78 Å². The standard InChI is InChI=1S/C22H30N4O2/c1-3-4-5-11-24-22(27)21-17-19(10-12-23-21)26-15-13-25(14-16-26)18-6-8-20(28-2)9-7-18/h6-10,12,17H,3-5,11,13-16H2,1-2H3,(H,24,27). The van der Waals surface area contributed by atoms with Crippen LogP contribution in [0, 0.1) is 0 Å². The summed E-state index contributed by atoms with van der Waals surface area (Å²) in [5, 5.41) is 2.96. The summed E-state index contributed by atoms with van der Waals surface area (Å²) in [6.45, 7) is 6.56. The summed E-state index contributed by atoms with van der Waals surface area (Å²) in [5.41, 5.74) is 2.76. The highest BCUT2D eigenvalue weighted by molar-refractivity contribution is 5.93. The number of methoxy groups -OCH3 is 1. The molecular weight excluding hydrogens is 352 g/mol. The van der Waals surface area contributed by atoms with Gasteiger partial charge in [-0.15, -0.1) is 0 Å². The van der Waals surface area contributed by atoms with Crippen molar-refractivity contribution in [3.05, 3.63) is 48.3 Å². The maximum atomic E-state index is 12.3. The van der Waals surface area contributed by atoms with Crippen LogP contribution in [-0.4, -0.2) is 50.7 Å². The zero-order valence-corrected chi connectivity index (χ0v) is 16.9. The normalized spacial score (nSPS) is 14.1. The molecule has 0 spiro atoms. The summed E-state index contributed by atoms with van der Waals surface area (Å²) in [7, 11) is 1.68. The molecule has 0 radical (unpaired) electrons. The van der Waals surface area contributed by atoms with E-state index in [1.54, 1.807) is 13.3 Å². The van der Waals surface area contributed by atoms with Gasteiger partial charge in [0.25, 0.3) is 5.91 Å². The molecule has 1 aromatic heterocycles. The molecule has 1 saturated heterocycles. The Hall–Kier alpha value is -2.76. The Kier molecular flexibility index (Phi) is 7.12. The summed E-state index contributed by atoms with van der Waals surface area (Å²) in [6, 6.07) is 12.1. The fraction of sp³-hybridized carbons (Fsp3) is 0.455. The molecule has 0 saturated carbocycles. The molecule has 6 nitrogen and oxygen atoms in total. The maximum Gasteiger partial charge on any atom is 0.269 e. The molecule has 0 bridgehead atoms. The lowest BCUT2D eigenvalue weighted by Crippen LogP contribution is -2.46. The number of unbranched alkanes of at least 4 members (excludes halogenated alkanes) is 2. The molecule has 2 aromatic rings. The van der Waals surface area contributed by atoms with Gasteiger partial charge in [0.1, 0.15) is 11.4 Å². The van der Waals surface area contributed by atoms with Crippen LogP contribution >= 0.6 is 0 Å². The number of hydrogen-bond donors (Lipinski definition) is 1. The molecule has 1 aromatic carbocycles. The summed E-state index contributed by atoms with van der Waals surface area (Å²) < 4.78 is 5.23. The number of benzene rings is 1. The van der Waals surface area contributed by atoms with Gasteiger partial charge < -0.3 is 19.9 Å². The topological polar surface area (TPSA) is 57.7 Å². The molecule has 0 unspecified atom stereocenters. The Morgan fingerprint density at radius 2 is 1.71 bits per heavy atom. The Labute approximate surface area is 167 Å². The largest absolute Gasteiger partial charge is 0.497 e. The van der Waals surface area contributed by atoms with E-state index in [0.717, 1.165) is 56.9 Å². The van der Waals surface area contributed by atoms with Crippen molar-refractivity contribution < 1.29 is 9.53 Å². The van der Waals surface area contributed by atoms with Gasteiger partial charge in [0, 0.05) is 50.3 Å². The van der Waals surface area contributed by atoms with Crippen LogP contribution in [0.3, 0.4) is 0 Å². The lowest BCUT2D eigenvalue weighted by Gasteiger charge is -2.37. The van der Waals surface area contributed by atoms with Crippen molar-refractivity contribution in [3.63, 3.8) is 0 Å². The third-order valence-corrected chi connectivity index (χ3v) is 5.12. The van der Waals surface area contributed by atoms with Gasteiger partial charge in [-0.2, -0.15) is 0 Å². The molecule has 150 valence electrons. The van der Waals surface area contributed by atoms with Crippen molar-refractivity contribution >= 4 is 17.3 Å². The smallest absolute Gasteiger partial charge is 0.269 e. The number of anilines is 2. The highest BCUT2D eigenvalue weighted by Crippen LogP contribution is 2.23. The summed E-state index contributed by atoms with van der Waals surface area (Å²) in [4.78, 5) is 21.3. The Morgan fingerprint density at radius 1 is 1.04 bits per heavy atom. The van der Waals surface area contributed by atoms with E-state index in [0.29, 0.717) is 12.2 Å². The average Bonchev–Trinajstić information content (AvgIpc) is 2.77. The van der Waals surface area contributed by atoms with E-state index >= 15 is 0 Å². The van der Waals surface area contributed by atoms with Crippen molar-refractivity contribution in [3.8, 4) is 5.75 Å². The zero-order valence-electron chi connectivity index (χ0n) is 16.9. The molecule has 28 heavy (non-hydrogen) atoms. The average molecular weight is 383 g/mol. The van der Waals surface area contributed by atoms with E-state index in [4.69, 9.17) is 4.74 Å². The first-order valence-corrected chi connectivity index (χ1v) is 10.1. The van der Waals surface area contributed by atoms with Crippen LogP contribution in [-0.2, 0) is 0 Å². The van der Waals surface area contributed by atoms with E-state index in [-0.39, 0.29) is 5.91 Å². The highest BCUT2D eigenvalue weighted by atomic mass is 16.5. The monoisotopic (exact) mass is 382 g/mol. The van der Waals surface area contributed by atoms with Gasteiger partial charge in [0.15, 0.2) is 0 Å². The Morgan fingerprint density at radius 3 is 2.36 bits per heavy atom. The van der Waals surface area contributed by atoms with Gasteiger partial charge in [-0.1, -0.05) is 19.8 Å². The second-order valence-electron chi connectivity index (χ2n) is 7.03. The summed E-state index contributed by atoms with van der Waals surface area (Å²) in [6.07, 6.45) is 5.01. The van der Waals surface area contributed by atoms with Crippen LogP contribution in [0.5, 0.6) is 5.75 Å². The van der Waals surface area contributed by atoms with Gasteiger partial charge in [0.2, 0.25) is 0 Å². The molecule has 1 aliphatic rings. The number of ether oxygens (including phenoxy) is 1. The molecule has 1 fully saturated rings. The van der Waals surface area contributed by atoms with Crippen molar-refractivity contribution in [2.75, 3.05) is 49.6 Å². The molecular formula is C22H30N4O2. The Bertz CT molecular complexity index is 755. The van der Waals surface area contributed by atoms with Gasteiger partial charge in [-0.25, -0.2) is 0 Å². The highest BCUT2D eigenvalue weighted by Gasteiger charge is 2.19. The lowest BCUT2D eigenvalue weighted by atomic mass is 10.2. The molecule has 2 heterocycles. The number of piperazine rings is 1. The van der Waals surface area contributed by atoms with Gasteiger partial charge >= 0.3 is 0 Å². The predicted octanol–water partition coefficient (Wildman–Crippen LogP) is 3.34. The van der Waals surface area contributed by atoms with Crippen LogP contribution in [0.2, 0.25) is 0 Å². The van der Waals surface area contributed by atoms with Crippen LogP contribution in [0.4, 0.5) is 11.4 Å². The maximum absolute atomic E-state index is 12.3. The quantitative estimate of drug-likeness (QED) is 0.710. The first-order chi connectivity index (χ1) is 13.7. The number of nitrogens with one attached hydrogen (secondary N) is 1. The van der Waals surface area contributed by atoms with Crippen molar-refractivity contribution in [2.24, 2.45) is 0 Å². The predicted molar refractivity (Wildman–Crippen MR) is 114 cm³/mol. The number of carbonyl (C=O) groups excluding carboxylic acids is 1. The van der Waals surface area contributed by atoms with Crippen molar-refractivity contribution in [1.29, 1.82) is 0 Å². The number of aromatic nitrogens is 1. The molecule has 0 aliphatic carbocycles. The van der Waals surface area contributed by atoms with E-state index < -0.39 is 0 Å². The molecule has 1 amide bonds. The zero-order chi connectivity index (χ0) is 19.8. The molecule has 3 rings (SSSR count). The third-order valence-electron chi connectivity index (χ3n) is 5.12. The van der Waals surface area contributed by atoms with E-state index in [1.807, 2.05) is 24.3 Å². The fourth-order valence-corrected chi connectivity index (χ4v) is 3.42. The minimum absolute atomic E-state index is 0.0881. The fourth-order valence-electron chi connectivity index (χ4n) is 3.42. The van der Waals surface area contributed by atoms with E-state index in [9.17, 15) is 4.79 Å². The van der Waals surface area contributed by atoms with Crippen LogP contribution in [0.15, 0.2) is 42.6 Å². The van der Waals surface area contributed by atoms with Crippen molar-refractivity contribution in [1.82, 2.24) is 10.3 Å². The van der Waals surface area contributed by atoms with Crippen molar-refractivity contribution in [2.45, 2.75) is 26.2 Å². The SMILES string of the molecule is CCCCCNC(=O)c1cc(N2CCN(c3ccc(OC)cc3)CC2)ccn1. The Balaban J connectivity index is 1.55. The van der Waals surface area contributed by atoms with E-state index in [2.05, 4.69) is 39.2 Å².